The average molecular weight is 494 g/mol. The highest BCUT2D eigenvalue weighted by Crippen LogP contribution is 2.38. The van der Waals surface area contributed by atoms with E-state index in [1.165, 1.54) is 18.4 Å². The lowest BCUT2D eigenvalue weighted by atomic mass is 9.69. The first-order valence-corrected chi connectivity index (χ1v) is 13.0. The van der Waals surface area contributed by atoms with E-state index in [0.717, 1.165) is 35.2 Å². The second-order valence-electron chi connectivity index (χ2n) is 10.6. The van der Waals surface area contributed by atoms with Crippen LogP contribution in [-0.4, -0.2) is 40.9 Å². The number of hydrogen-bond acceptors (Lipinski definition) is 5. The zero-order valence-electron chi connectivity index (χ0n) is 21.9. The van der Waals surface area contributed by atoms with Gasteiger partial charge >= 0.3 is 0 Å². The molecule has 4 aromatic rings. The Labute approximate surface area is 219 Å². The number of anilines is 2. The molecule has 0 unspecified atom stereocenters. The number of aromatic nitrogens is 2. The third kappa shape index (κ3) is 5.49. The van der Waals surface area contributed by atoms with Crippen LogP contribution in [0.5, 0.6) is 0 Å². The van der Waals surface area contributed by atoms with Crippen molar-refractivity contribution in [3.8, 4) is 0 Å². The van der Waals surface area contributed by atoms with Crippen LogP contribution in [0.25, 0.3) is 10.9 Å². The van der Waals surface area contributed by atoms with Gasteiger partial charge in [0, 0.05) is 30.0 Å². The number of benzene rings is 2. The Morgan fingerprint density at radius 3 is 2.49 bits per heavy atom. The van der Waals surface area contributed by atoms with E-state index in [9.17, 15) is 4.79 Å². The molecule has 0 atom stereocenters. The monoisotopic (exact) mass is 493 g/mol. The maximum atomic E-state index is 13.2. The van der Waals surface area contributed by atoms with Crippen LogP contribution in [0.4, 0.5) is 11.5 Å². The van der Waals surface area contributed by atoms with Gasteiger partial charge in [-0.1, -0.05) is 44.2 Å². The number of piperidine rings is 1. The summed E-state index contributed by atoms with van der Waals surface area (Å²) in [5.74, 6) is 1.03. The van der Waals surface area contributed by atoms with Gasteiger partial charge in [0.05, 0.1) is 11.1 Å². The van der Waals surface area contributed by atoms with Gasteiger partial charge in [0.15, 0.2) is 0 Å². The van der Waals surface area contributed by atoms with Crippen molar-refractivity contribution in [2.75, 3.05) is 30.8 Å². The number of amides is 1. The minimum absolute atomic E-state index is 0.0986. The maximum absolute atomic E-state index is 13.2. The molecule has 1 aliphatic rings. The van der Waals surface area contributed by atoms with Crippen LogP contribution in [0.1, 0.15) is 48.2 Å². The summed E-state index contributed by atoms with van der Waals surface area (Å²) in [6.07, 6.45) is 5.94. The second-order valence-corrected chi connectivity index (χ2v) is 10.6. The number of rotatable bonds is 7. The minimum Gasteiger partial charge on any atom is -0.365 e. The SMILES string of the molecule is CN1CCC(C(C)(C)c2ccc(NC(=O)c3cccnc3NCc3ccnc4ccccc34)cc2)CC1. The van der Waals surface area contributed by atoms with Gasteiger partial charge in [-0.3, -0.25) is 9.78 Å². The Balaban J connectivity index is 1.27. The summed E-state index contributed by atoms with van der Waals surface area (Å²) in [7, 11) is 2.20. The fourth-order valence-corrected chi connectivity index (χ4v) is 5.37. The molecule has 2 aromatic heterocycles. The standard InChI is InChI=1S/C31H35N5O/c1-31(2,24-15-19-36(3)20-16-24)23-10-12-25(13-11-23)35-30(37)27-8-6-17-33-29(27)34-21-22-14-18-32-28-9-5-4-7-26(22)28/h4-14,17-18,24H,15-16,19-21H2,1-3H3,(H,33,34)(H,35,37). The number of carbonyl (C=O) groups is 1. The van der Waals surface area contributed by atoms with Gasteiger partial charge in [0.1, 0.15) is 5.82 Å². The molecule has 1 aliphatic heterocycles. The lowest BCUT2D eigenvalue weighted by molar-refractivity contribution is 0.102. The minimum atomic E-state index is -0.183. The number of nitrogens with one attached hydrogen (secondary N) is 2. The van der Waals surface area contributed by atoms with Crippen molar-refractivity contribution >= 4 is 28.3 Å². The highest BCUT2D eigenvalue weighted by Gasteiger charge is 2.33. The van der Waals surface area contributed by atoms with Crippen LogP contribution in [0.3, 0.4) is 0 Å². The van der Waals surface area contributed by atoms with E-state index in [1.54, 1.807) is 18.3 Å². The molecule has 3 heterocycles. The van der Waals surface area contributed by atoms with Gasteiger partial charge in [-0.25, -0.2) is 4.98 Å². The molecule has 0 radical (unpaired) electrons. The number of carbonyl (C=O) groups excluding carboxylic acids is 1. The summed E-state index contributed by atoms with van der Waals surface area (Å²) >= 11 is 0. The van der Waals surface area contributed by atoms with E-state index < -0.39 is 0 Å². The molecule has 0 bridgehead atoms. The Hall–Kier alpha value is -3.77. The van der Waals surface area contributed by atoms with Crippen LogP contribution >= 0.6 is 0 Å². The molecule has 2 aromatic carbocycles. The lowest BCUT2D eigenvalue weighted by Crippen LogP contribution is -2.39. The van der Waals surface area contributed by atoms with Crippen molar-refractivity contribution in [1.29, 1.82) is 0 Å². The van der Waals surface area contributed by atoms with Gasteiger partial charge in [0.2, 0.25) is 0 Å². The third-order valence-electron chi connectivity index (χ3n) is 7.86. The number of hydrogen-bond donors (Lipinski definition) is 2. The van der Waals surface area contributed by atoms with Gasteiger partial charge in [-0.2, -0.15) is 0 Å². The van der Waals surface area contributed by atoms with E-state index >= 15 is 0 Å². The van der Waals surface area contributed by atoms with Crippen LogP contribution < -0.4 is 10.6 Å². The summed E-state index contributed by atoms with van der Waals surface area (Å²) in [5, 5.41) is 7.49. The number of pyridine rings is 2. The van der Waals surface area contributed by atoms with E-state index in [2.05, 4.69) is 64.6 Å². The predicted molar refractivity (Wildman–Crippen MR) is 151 cm³/mol. The Morgan fingerprint density at radius 1 is 0.946 bits per heavy atom. The molecule has 0 spiro atoms. The summed E-state index contributed by atoms with van der Waals surface area (Å²) in [4.78, 5) is 24.5. The molecule has 0 saturated carbocycles. The highest BCUT2D eigenvalue weighted by molar-refractivity contribution is 6.07. The van der Waals surface area contributed by atoms with Gasteiger partial charge < -0.3 is 15.5 Å². The van der Waals surface area contributed by atoms with Crippen molar-refractivity contribution < 1.29 is 4.79 Å². The molecular weight excluding hydrogens is 458 g/mol. The van der Waals surface area contributed by atoms with Crippen molar-refractivity contribution in [2.24, 2.45) is 5.92 Å². The first-order valence-electron chi connectivity index (χ1n) is 13.0. The van der Waals surface area contributed by atoms with Crippen LogP contribution in [-0.2, 0) is 12.0 Å². The van der Waals surface area contributed by atoms with E-state index in [1.807, 2.05) is 42.6 Å². The molecule has 1 saturated heterocycles. The molecule has 1 amide bonds. The maximum Gasteiger partial charge on any atom is 0.259 e. The first kappa shape index (κ1) is 24.9. The molecule has 5 rings (SSSR count). The van der Waals surface area contributed by atoms with Gasteiger partial charge in [-0.05, 0) is 91.8 Å². The fourth-order valence-electron chi connectivity index (χ4n) is 5.37. The molecule has 37 heavy (non-hydrogen) atoms. The molecular formula is C31H35N5O. The number of likely N-dealkylation sites (tertiary alicyclic amines) is 1. The van der Waals surface area contributed by atoms with Crippen LogP contribution in [0, 0.1) is 5.92 Å². The molecule has 6 heteroatoms. The topological polar surface area (TPSA) is 70.2 Å². The van der Waals surface area contributed by atoms with Gasteiger partial charge in [0.25, 0.3) is 5.91 Å². The molecule has 1 fully saturated rings. The number of para-hydroxylation sites is 1. The summed E-state index contributed by atoms with van der Waals surface area (Å²) < 4.78 is 0. The molecule has 6 nitrogen and oxygen atoms in total. The van der Waals surface area contributed by atoms with Crippen LogP contribution in [0.15, 0.2) is 79.1 Å². The quantitative estimate of drug-likeness (QED) is 0.325. The second kappa shape index (κ2) is 10.7. The molecule has 0 aliphatic carbocycles. The molecule has 190 valence electrons. The van der Waals surface area contributed by atoms with Crippen molar-refractivity contribution in [3.05, 3.63) is 95.8 Å². The number of fused-ring (bicyclic) bond motifs is 1. The van der Waals surface area contributed by atoms with E-state index in [0.29, 0.717) is 23.8 Å². The van der Waals surface area contributed by atoms with Crippen molar-refractivity contribution in [1.82, 2.24) is 14.9 Å². The van der Waals surface area contributed by atoms with E-state index in [-0.39, 0.29) is 11.3 Å². The van der Waals surface area contributed by atoms with Crippen LogP contribution in [0.2, 0.25) is 0 Å². The Bertz CT molecular complexity index is 1370. The average Bonchev–Trinajstić information content (AvgIpc) is 2.92. The summed E-state index contributed by atoms with van der Waals surface area (Å²) in [6.45, 7) is 7.54. The zero-order valence-corrected chi connectivity index (χ0v) is 21.9. The lowest BCUT2D eigenvalue weighted by Gasteiger charge is -2.40. The van der Waals surface area contributed by atoms with Crippen molar-refractivity contribution in [2.45, 2.75) is 38.6 Å². The van der Waals surface area contributed by atoms with E-state index in [4.69, 9.17) is 0 Å². The molecule has 2 N–H and O–H groups in total. The Kier molecular flexibility index (Phi) is 7.19. The number of nitrogens with zero attached hydrogens (tertiary/aromatic N) is 3. The predicted octanol–water partition coefficient (Wildman–Crippen LogP) is 6.11. The first-order chi connectivity index (χ1) is 17.9. The summed E-state index contributed by atoms with van der Waals surface area (Å²) in [5.41, 5.74) is 4.75. The summed E-state index contributed by atoms with van der Waals surface area (Å²) in [6, 6.07) is 22.0. The van der Waals surface area contributed by atoms with Gasteiger partial charge in [-0.15, -0.1) is 0 Å². The third-order valence-corrected chi connectivity index (χ3v) is 7.86. The fraction of sp³-hybridized carbons (Fsp3) is 0.323. The highest BCUT2D eigenvalue weighted by atomic mass is 16.1. The zero-order chi connectivity index (χ0) is 25.8. The normalized spacial score (nSPS) is 15.0. The Morgan fingerprint density at radius 2 is 1.70 bits per heavy atom. The van der Waals surface area contributed by atoms with Crippen molar-refractivity contribution in [3.63, 3.8) is 0 Å². The largest absolute Gasteiger partial charge is 0.365 e. The smallest absolute Gasteiger partial charge is 0.259 e.